The summed E-state index contributed by atoms with van der Waals surface area (Å²) in [6, 6.07) is 14.0. The van der Waals surface area contributed by atoms with Crippen LogP contribution in [0, 0.1) is 11.3 Å². The van der Waals surface area contributed by atoms with Gasteiger partial charge in [-0.05, 0) is 62.4 Å². The van der Waals surface area contributed by atoms with Crippen LogP contribution in [0.25, 0.3) is 21.1 Å². The summed E-state index contributed by atoms with van der Waals surface area (Å²) < 4.78 is 5.72. The van der Waals surface area contributed by atoms with Gasteiger partial charge >= 0.3 is 0 Å². The predicted octanol–water partition coefficient (Wildman–Crippen LogP) is 5.04. The zero-order valence-corrected chi connectivity index (χ0v) is 18.6. The molecule has 1 atom stereocenters. The number of benzene rings is 2. The van der Waals surface area contributed by atoms with Gasteiger partial charge in [-0.25, -0.2) is 0 Å². The van der Waals surface area contributed by atoms with E-state index in [0.717, 1.165) is 46.0 Å². The Balaban J connectivity index is 1.68. The molecule has 0 radical (unpaired) electrons. The van der Waals surface area contributed by atoms with Crippen molar-refractivity contribution < 1.29 is 9.53 Å². The summed E-state index contributed by atoms with van der Waals surface area (Å²) in [6.45, 7) is 5.42. The molecule has 0 unspecified atom stereocenters. The number of amides is 1. The Kier molecular flexibility index (Phi) is 6.01. The zero-order valence-electron chi connectivity index (χ0n) is 17.8. The molecule has 7 heteroatoms. The number of fused-ring (bicyclic) bond motifs is 1. The van der Waals surface area contributed by atoms with Crippen molar-refractivity contribution in [1.29, 1.82) is 5.26 Å². The second kappa shape index (κ2) is 8.86. The van der Waals surface area contributed by atoms with E-state index in [1.807, 2.05) is 32.0 Å². The van der Waals surface area contributed by atoms with Gasteiger partial charge in [0.25, 0.3) is 0 Å². The number of hydrogen-bond donors (Lipinski definition) is 1. The van der Waals surface area contributed by atoms with Crippen LogP contribution >= 0.6 is 11.3 Å². The fourth-order valence-corrected chi connectivity index (χ4v) is 4.89. The summed E-state index contributed by atoms with van der Waals surface area (Å²) in [5, 5.41) is 23.0. The minimum atomic E-state index is -0.0142. The first kappa shape index (κ1) is 21.0. The van der Waals surface area contributed by atoms with Crippen LogP contribution in [-0.4, -0.2) is 22.2 Å². The fourth-order valence-electron chi connectivity index (χ4n) is 4.00. The molecule has 6 nitrogen and oxygen atoms in total. The average Bonchev–Trinajstić information content (AvgIpc) is 3.23. The molecule has 158 valence electrons. The summed E-state index contributed by atoms with van der Waals surface area (Å²) in [5.74, 6) is 0.562. The second-order valence-electron chi connectivity index (χ2n) is 7.92. The topological polar surface area (TPSA) is 87.9 Å². The molecule has 0 saturated heterocycles. The number of hydrogen-bond acceptors (Lipinski definition) is 6. The summed E-state index contributed by atoms with van der Waals surface area (Å²) in [4.78, 5) is 11.6. The van der Waals surface area contributed by atoms with Crippen LogP contribution < -0.4 is 10.1 Å². The molecule has 0 fully saturated rings. The van der Waals surface area contributed by atoms with E-state index in [0.29, 0.717) is 11.3 Å². The molecule has 1 aliphatic carbocycles. The molecule has 1 heterocycles. The van der Waals surface area contributed by atoms with Crippen LogP contribution in [0.4, 0.5) is 0 Å². The van der Waals surface area contributed by atoms with E-state index in [4.69, 9.17) is 4.74 Å². The average molecular weight is 433 g/mol. The number of nitrogens with one attached hydrogen (secondary N) is 1. The summed E-state index contributed by atoms with van der Waals surface area (Å²) in [6.07, 6.45) is 2.91. The Morgan fingerprint density at radius 3 is 2.81 bits per heavy atom. The highest BCUT2D eigenvalue weighted by Crippen LogP contribution is 2.39. The van der Waals surface area contributed by atoms with E-state index in [1.54, 1.807) is 13.0 Å². The van der Waals surface area contributed by atoms with Crippen molar-refractivity contribution in [2.24, 2.45) is 0 Å². The van der Waals surface area contributed by atoms with E-state index >= 15 is 0 Å². The summed E-state index contributed by atoms with van der Waals surface area (Å²) >= 11 is 1.51. The van der Waals surface area contributed by atoms with Crippen molar-refractivity contribution in [3.8, 4) is 33.0 Å². The SMILES string of the molecule is CC(=O)N[C@@H]1CCCc2c(-c3nnc(-c4ccc(OC(C)C)c(C#N)c4)s3)cccc21. The molecular weight excluding hydrogens is 408 g/mol. The minimum absolute atomic E-state index is 0.00310. The minimum Gasteiger partial charge on any atom is -0.490 e. The van der Waals surface area contributed by atoms with E-state index in [1.165, 1.54) is 16.9 Å². The highest BCUT2D eigenvalue weighted by Gasteiger charge is 2.24. The van der Waals surface area contributed by atoms with Gasteiger partial charge in [0, 0.05) is 18.1 Å². The van der Waals surface area contributed by atoms with Gasteiger partial charge in [-0.3, -0.25) is 4.79 Å². The smallest absolute Gasteiger partial charge is 0.217 e. The van der Waals surface area contributed by atoms with Crippen molar-refractivity contribution >= 4 is 17.2 Å². The first-order valence-electron chi connectivity index (χ1n) is 10.4. The quantitative estimate of drug-likeness (QED) is 0.610. The van der Waals surface area contributed by atoms with Crippen molar-refractivity contribution in [2.45, 2.75) is 52.2 Å². The fraction of sp³-hybridized carbons (Fsp3) is 0.333. The molecule has 1 amide bonds. The highest BCUT2D eigenvalue weighted by atomic mass is 32.1. The first-order chi connectivity index (χ1) is 15.0. The number of carbonyl (C=O) groups is 1. The van der Waals surface area contributed by atoms with Gasteiger partial charge in [-0.15, -0.1) is 10.2 Å². The summed E-state index contributed by atoms with van der Waals surface area (Å²) in [7, 11) is 0. The first-order valence-corrected chi connectivity index (χ1v) is 11.2. The highest BCUT2D eigenvalue weighted by molar-refractivity contribution is 7.17. The van der Waals surface area contributed by atoms with E-state index in [-0.39, 0.29) is 18.1 Å². The third-order valence-electron chi connectivity index (χ3n) is 5.25. The molecule has 1 aromatic heterocycles. The molecule has 1 aliphatic rings. The zero-order chi connectivity index (χ0) is 22.0. The Morgan fingerprint density at radius 2 is 2.06 bits per heavy atom. The maximum Gasteiger partial charge on any atom is 0.217 e. The van der Waals surface area contributed by atoms with E-state index < -0.39 is 0 Å². The van der Waals surface area contributed by atoms with E-state index in [9.17, 15) is 10.1 Å². The van der Waals surface area contributed by atoms with Gasteiger partial charge in [0.2, 0.25) is 5.91 Å². The Hall–Kier alpha value is -3.24. The number of rotatable bonds is 5. The Bertz CT molecular complexity index is 1160. The summed E-state index contributed by atoms with van der Waals surface area (Å²) in [5.41, 5.74) is 4.79. The molecular formula is C24H24N4O2S. The van der Waals surface area contributed by atoms with Crippen molar-refractivity contribution in [2.75, 3.05) is 0 Å². The molecule has 0 saturated carbocycles. The largest absolute Gasteiger partial charge is 0.490 e. The lowest BCUT2D eigenvalue weighted by Gasteiger charge is -2.27. The number of nitrogens with zero attached hydrogens (tertiary/aromatic N) is 3. The van der Waals surface area contributed by atoms with Gasteiger partial charge in [0.1, 0.15) is 21.8 Å². The van der Waals surface area contributed by atoms with Gasteiger partial charge in [-0.1, -0.05) is 29.5 Å². The second-order valence-corrected chi connectivity index (χ2v) is 8.90. The maximum absolute atomic E-state index is 11.6. The standard InChI is InChI=1S/C24H24N4O2S/c1-14(2)30-22-11-10-16(12-17(22)13-25)23-27-28-24(31-23)20-8-4-7-19-18(20)6-5-9-21(19)26-15(3)29/h4,7-8,10-12,14,21H,5-6,9H2,1-3H3,(H,26,29)/t21-/m1/s1. The predicted molar refractivity (Wildman–Crippen MR) is 121 cm³/mol. The lowest BCUT2D eigenvalue weighted by atomic mass is 9.85. The molecule has 4 rings (SSSR count). The van der Waals surface area contributed by atoms with Gasteiger partial charge in [0.05, 0.1) is 17.7 Å². The number of ether oxygens (including phenoxy) is 1. The van der Waals surface area contributed by atoms with Crippen LogP contribution in [0.15, 0.2) is 36.4 Å². The number of carbonyl (C=O) groups excluding carboxylic acids is 1. The molecule has 2 aromatic carbocycles. The van der Waals surface area contributed by atoms with Crippen molar-refractivity contribution in [3.63, 3.8) is 0 Å². The normalized spacial score (nSPS) is 15.3. The van der Waals surface area contributed by atoms with Gasteiger partial charge in [0.15, 0.2) is 0 Å². The van der Waals surface area contributed by atoms with Gasteiger partial charge < -0.3 is 10.1 Å². The monoisotopic (exact) mass is 432 g/mol. The molecule has 0 spiro atoms. The van der Waals surface area contributed by atoms with Gasteiger partial charge in [-0.2, -0.15) is 5.26 Å². The molecule has 0 bridgehead atoms. The van der Waals surface area contributed by atoms with Crippen LogP contribution in [0.1, 0.15) is 56.3 Å². The lowest BCUT2D eigenvalue weighted by Crippen LogP contribution is -2.29. The Labute approximate surface area is 185 Å². The molecule has 1 N–H and O–H groups in total. The lowest BCUT2D eigenvalue weighted by molar-refractivity contribution is -0.119. The number of nitriles is 1. The van der Waals surface area contributed by atoms with E-state index in [2.05, 4.69) is 33.7 Å². The Morgan fingerprint density at radius 1 is 1.26 bits per heavy atom. The number of aromatic nitrogens is 2. The molecule has 0 aliphatic heterocycles. The maximum atomic E-state index is 11.6. The molecule has 31 heavy (non-hydrogen) atoms. The van der Waals surface area contributed by atoms with Crippen LogP contribution in [0.2, 0.25) is 0 Å². The van der Waals surface area contributed by atoms with Crippen LogP contribution in [0.5, 0.6) is 5.75 Å². The van der Waals surface area contributed by atoms with Crippen molar-refractivity contribution in [3.05, 3.63) is 53.1 Å². The van der Waals surface area contributed by atoms with Crippen LogP contribution in [0.3, 0.4) is 0 Å². The third-order valence-corrected chi connectivity index (χ3v) is 6.26. The molecule has 3 aromatic rings. The van der Waals surface area contributed by atoms with Crippen LogP contribution in [-0.2, 0) is 11.2 Å². The van der Waals surface area contributed by atoms with Crippen molar-refractivity contribution in [1.82, 2.24) is 15.5 Å². The third kappa shape index (κ3) is 4.44.